The summed E-state index contributed by atoms with van der Waals surface area (Å²) in [5.41, 5.74) is 5.45. The molecule has 2 heteroatoms. The van der Waals surface area contributed by atoms with Gasteiger partial charge in [0.05, 0.1) is 6.61 Å². The van der Waals surface area contributed by atoms with Crippen LogP contribution in [0.3, 0.4) is 0 Å². The van der Waals surface area contributed by atoms with Gasteiger partial charge in [0.15, 0.2) is 0 Å². The molecule has 112 valence electrons. The van der Waals surface area contributed by atoms with Gasteiger partial charge in [-0.15, -0.1) is 0 Å². The molecule has 1 atom stereocenters. The van der Waals surface area contributed by atoms with Gasteiger partial charge in [0.2, 0.25) is 0 Å². The number of aliphatic hydroxyl groups excluding tert-OH is 1. The van der Waals surface area contributed by atoms with Crippen molar-refractivity contribution in [3.63, 3.8) is 0 Å². The van der Waals surface area contributed by atoms with E-state index in [1.54, 1.807) is 0 Å². The van der Waals surface area contributed by atoms with Crippen LogP contribution < -0.4 is 4.74 Å². The fourth-order valence-electron chi connectivity index (χ4n) is 2.42. The van der Waals surface area contributed by atoms with Crippen LogP contribution in [0.1, 0.15) is 47.3 Å². The summed E-state index contributed by atoms with van der Waals surface area (Å²) in [6, 6.07) is 11.9. The number of rotatable bonds is 5. The maximum Gasteiger partial charge on any atom is 0.119 e. The average molecular weight is 284 g/mol. The van der Waals surface area contributed by atoms with Crippen molar-refractivity contribution in [2.24, 2.45) is 0 Å². The van der Waals surface area contributed by atoms with Crippen molar-refractivity contribution in [1.29, 1.82) is 0 Å². The Morgan fingerprint density at radius 2 is 1.57 bits per heavy atom. The van der Waals surface area contributed by atoms with Gasteiger partial charge in [0.25, 0.3) is 0 Å². The van der Waals surface area contributed by atoms with Gasteiger partial charge < -0.3 is 9.84 Å². The van der Waals surface area contributed by atoms with Gasteiger partial charge in [-0.1, -0.05) is 31.2 Å². The molecular formula is C19H24O2. The molecule has 2 aromatic carbocycles. The van der Waals surface area contributed by atoms with E-state index in [1.807, 2.05) is 31.2 Å². The van der Waals surface area contributed by atoms with E-state index >= 15 is 0 Å². The van der Waals surface area contributed by atoms with Crippen LogP contribution in [0.2, 0.25) is 0 Å². The molecule has 1 N–H and O–H groups in total. The SMILES string of the molecule is CCCOc1ccc(C(O)c2cc(C)c(C)cc2C)cc1. The molecule has 2 nitrogen and oxygen atoms in total. The highest BCUT2D eigenvalue weighted by molar-refractivity contribution is 5.42. The van der Waals surface area contributed by atoms with Gasteiger partial charge >= 0.3 is 0 Å². The summed E-state index contributed by atoms with van der Waals surface area (Å²) in [7, 11) is 0. The molecule has 1 unspecified atom stereocenters. The smallest absolute Gasteiger partial charge is 0.119 e. The number of aliphatic hydroxyl groups is 1. The third-order valence-corrected chi connectivity index (χ3v) is 3.85. The van der Waals surface area contributed by atoms with Crippen LogP contribution in [-0.2, 0) is 0 Å². The minimum absolute atomic E-state index is 0.593. The molecule has 0 aromatic heterocycles. The zero-order chi connectivity index (χ0) is 15.4. The van der Waals surface area contributed by atoms with Crippen LogP contribution in [-0.4, -0.2) is 11.7 Å². The van der Waals surface area contributed by atoms with Crippen molar-refractivity contribution in [2.45, 2.75) is 40.2 Å². The van der Waals surface area contributed by atoms with E-state index in [9.17, 15) is 5.11 Å². The van der Waals surface area contributed by atoms with Crippen molar-refractivity contribution < 1.29 is 9.84 Å². The summed E-state index contributed by atoms with van der Waals surface area (Å²) in [6.45, 7) is 9.02. The first-order valence-corrected chi connectivity index (χ1v) is 7.51. The van der Waals surface area contributed by atoms with Crippen molar-refractivity contribution in [1.82, 2.24) is 0 Å². The summed E-state index contributed by atoms with van der Waals surface area (Å²) >= 11 is 0. The highest BCUT2D eigenvalue weighted by atomic mass is 16.5. The number of hydrogen-bond acceptors (Lipinski definition) is 2. The standard InChI is InChI=1S/C19H24O2/c1-5-10-21-17-8-6-16(7-9-17)19(20)18-12-14(3)13(2)11-15(18)4/h6-9,11-12,19-20H,5,10H2,1-4H3. The molecule has 0 amide bonds. The summed E-state index contributed by atoms with van der Waals surface area (Å²) in [5, 5.41) is 10.6. The monoisotopic (exact) mass is 284 g/mol. The Kier molecular flexibility index (Phi) is 5.03. The highest BCUT2D eigenvalue weighted by Crippen LogP contribution is 2.28. The predicted octanol–water partition coefficient (Wildman–Crippen LogP) is 4.48. The van der Waals surface area contributed by atoms with Crippen LogP contribution in [0.15, 0.2) is 36.4 Å². The number of hydrogen-bond donors (Lipinski definition) is 1. The second-order valence-electron chi connectivity index (χ2n) is 5.61. The first kappa shape index (κ1) is 15.6. The molecule has 2 aromatic rings. The topological polar surface area (TPSA) is 29.5 Å². The molecule has 0 aliphatic heterocycles. The van der Waals surface area contributed by atoms with Gasteiger partial charge in [-0.2, -0.15) is 0 Å². The quantitative estimate of drug-likeness (QED) is 0.877. The van der Waals surface area contributed by atoms with E-state index in [0.717, 1.165) is 35.5 Å². The lowest BCUT2D eigenvalue weighted by molar-refractivity contribution is 0.219. The summed E-state index contributed by atoms with van der Waals surface area (Å²) in [5.74, 6) is 0.851. The second kappa shape index (κ2) is 6.77. The largest absolute Gasteiger partial charge is 0.494 e. The Labute approximate surface area is 127 Å². The Balaban J connectivity index is 2.23. The maximum absolute atomic E-state index is 10.6. The molecule has 0 heterocycles. The van der Waals surface area contributed by atoms with Crippen LogP contribution in [0.5, 0.6) is 5.75 Å². The zero-order valence-corrected chi connectivity index (χ0v) is 13.3. The van der Waals surface area contributed by atoms with Gasteiger partial charge in [-0.25, -0.2) is 0 Å². The van der Waals surface area contributed by atoms with Gasteiger partial charge in [-0.3, -0.25) is 0 Å². The molecule has 0 saturated carbocycles. The Bertz CT molecular complexity index is 600. The fraction of sp³-hybridized carbons (Fsp3) is 0.368. The summed E-state index contributed by atoms with van der Waals surface area (Å²) in [4.78, 5) is 0. The van der Waals surface area contributed by atoms with E-state index < -0.39 is 6.10 Å². The molecule has 2 rings (SSSR count). The first-order chi connectivity index (χ1) is 10.0. The minimum atomic E-state index is -0.593. The van der Waals surface area contributed by atoms with E-state index in [-0.39, 0.29) is 0 Å². The molecule has 0 saturated heterocycles. The Hall–Kier alpha value is -1.80. The number of ether oxygens (including phenoxy) is 1. The number of aryl methyl sites for hydroxylation is 3. The summed E-state index contributed by atoms with van der Waals surface area (Å²) < 4.78 is 5.57. The Morgan fingerprint density at radius 3 is 2.19 bits per heavy atom. The van der Waals surface area contributed by atoms with Gasteiger partial charge in [-0.05, 0) is 67.1 Å². The van der Waals surface area contributed by atoms with Crippen molar-refractivity contribution in [3.8, 4) is 5.75 Å². The molecule has 0 spiro atoms. The van der Waals surface area contributed by atoms with Crippen LogP contribution in [0.4, 0.5) is 0 Å². The van der Waals surface area contributed by atoms with E-state index in [4.69, 9.17) is 4.74 Å². The van der Waals surface area contributed by atoms with Crippen LogP contribution >= 0.6 is 0 Å². The maximum atomic E-state index is 10.6. The average Bonchev–Trinajstić information content (AvgIpc) is 2.48. The van der Waals surface area contributed by atoms with Crippen molar-refractivity contribution in [3.05, 3.63) is 64.2 Å². The van der Waals surface area contributed by atoms with Gasteiger partial charge in [0, 0.05) is 0 Å². The normalized spacial score (nSPS) is 12.2. The fourth-order valence-corrected chi connectivity index (χ4v) is 2.42. The third kappa shape index (κ3) is 3.64. The lowest BCUT2D eigenvalue weighted by Crippen LogP contribution is -2.04. The molecule has 0 fully saturated rings. The number of benzene rings is 2. The first-order valence-electron chi connectivity index (χ1n) is 7.51. The zero-order valence-electron chi connectivity index (χ0n) is 13.3. The van der Waals surface area contributed by atoms with E-state index in [2.05, 4.69) is 32.9 Å². The van der Waals surface area contributed by atoms with Crippen molar-refractivity contribution in [2.75, 3.05) is 6.61 Å². The predicted molar refractivity (Wildman–Crippen MR) is 86.9 cm³/mol. The molecule has 0 aliphatic carbocycles. The van der Waals surface area contributed by atoms with E-state index in [0.29, 0.717) is 0 Å². The molecule has 0 bridgehead atoms. The Morgan fingerprint density at radius 1 is 0.952 bits per heavy atom. The van der Waals surface area contributed by atoms with Crippen LogP contribution in [0.25, 0.3) is 0 Å². The highest BCUT2D eigenvalue weighted by Gasteiger charge is 2.14. The van der Waals surface area contributed by atoms with Crippen molar-refractivity contribution >= 4 is 0 Å². The lowest BCUT2D eigenvalue weighted by atomic mass is 9.93. The summed E-state index contributed by atoms with van der Waals surface area (Å²) in [6.07, 6.45) is 0.399. The second-order valence-corrected chi connectivity index (χ2v) is 5.61. The molecular weight excluding hydrogens is 260 g/mol. The van der Waals surface area contributed by atoms with Gasteiger partial charge in [0.1, 0.15) is 11.9 Å². The van der Waals surface area contributed by atoms with E-state index in [1.165, 1.54) is 11.1 Å². The minimum Gasteiger partial charge on any atom is -0.494 e. The molecule has 0 aliphatic rings. The third-order valence-electron chi connectivity index (χ3n) is 3.85. The van der Waals surface area contributed by atoms with Crippen LogP contribution in [0, 0.1) is 20.8 Å². The lowest BCUT2D eigenvalue weighted by Gasteiger charge is -2.17. The molecule has 0 radical (unpaired) electrons. The molecule has 21 heavy (non-hydrogen) atoms.